The van der Waals surface area contributed by atoms with Crippen LogP contribution in [0, 0.1) is 0 Å². The van der Waals surface area contributed by atoms with Crippen molar-refractivity contribution < 1.29 is 14.3 Å². The Kier molecular flexibility index (Phi) is 6.15. The first kappa shape index (κ1) is 15.3. The number of benzene rings is 1. The van der Waals surface area contributed by atoms with E-state index >= 15 is 0 Å². The van der Waals surface area contributed by atoms with Gasteiger partial charge in [-0.2, -0.15) is 0 Å². The summed E-state index contributed by atoms with van der Waals surface area (Å²) in [5.41, 5.74) is 7.19. The molecule has 106 valence electrons. The van der Waals surface area contributed by atoms with E-state index in [4.69, 9.17) is 15.2 Å². The number of amides is 1. The SMILES string of the molecule is CCOCCNC(=O)C(C)c1ccc(N)c(OC)c1. The first-order valence-electron chi connectivity index (χ1n) is 6.39. The molecule has 1 amide bonds. The Balaban J connectivity index is 2.61. The number of ether oxygens (including phenoxy) is 2. The zero-order valence-corrected chi connectivity index (χ0v) is 11.7. The molecule has 0 aliphatic rings. The van der Waals surface area contributed by atoms with Gasteiger partial charge in [0, 0.05) is 13.2 Å². The third-order valence-electron chi connectivity index (χ3n) is 2.90. The van der Waals surface area contributed by atoms with E-state index in [9.17, 15) is 4.79 Å². The van der Waals surface area contributed by atoms with Crippen LogP contribution in [0.25, 0.3) is 0 Å². The molecule has 1 unspecified atom stereocenters. The minimum atomic E-state index is -0.254. The topological polar surface area (TPSA) is 73.6 Å². The van der Waals surface area contributed by atoms with Crippen molar-refractivity contribution in [1.82, 2.24) is 5.32 Å². The van der Waals surface area contributed by atoms with E-state index in [1.807, 2.05) is 19.9 Å². The molecule has 1 aromatic carbocycles. The van der Waals surface area contributed by atoms with E-state index in [1.54, 1.807) is 19.2 Å². The molecule has 1 atom stereocenters. The number of hydrogen-bond donors (Lipinski definition) is 2. The first-order valence-corrected chi connectivity index (χ1v) is 6.39. The highest BCUT2D eigenvalue weighted by Gasteiger charge is 2.16. The molecule has 0 heterocycles. The number of methoxy groups -OCH3 is 1. The van der Waals surface area contributed by atoms with Crippen LogP contribution in [-0.4, -0.2) is 32.8 Å². The van der Waals surface area contributed by atoms with Crippen molar-refractivity contribution in [3.05, 3.63) is 23.8 Å². The number of nitrogens with two attached hydrogens (primary N) is 1. The number of anilines is 1. The fraction of sp³-hybridized carbons (Fsp3) is 0.500. The lowest BCUT2D eigenvalue weighted by atomic mass is 9.99. The average molecular weight is 266 g/mol. The number of nitrogen functional groups attached to an aromatic ring is 1. The van der Waals surface area contributed by atoms with Gasteiger partial charge in [0.05, 0.1) is 25.3 Å². The molecule has 5 nitrogen and oxygen atoms in total. The summed E-state index contributed by atoms with van der Waals surface area (Å²) in [6.45, 7) is 5.47. The van der Waals surface area contributed by atoms with Crippen LogP contribution in [0.5, 0.6) is 5.75 Å². The summed E-state index contributed by atoms with van der Waals surface area (Å²) in [7, 11) is 1.56. The van der Waals surface area contributed by atoms with Gasteiger partial charge in [0.25, 0.3) is 0 Å². The average Bonchev–Trinajstić information content (AvgIpc) is 2.43. The smallest absolute Gasteiger partial charge is 0.227 e. The number of carbonyl (C=O) groups excluding carboxylic acids is 1. The van der Waals surface area contributed by atoms with Gasteiger partial charge in [0.2, 0.25) is 5.91 Å². The van der Waals surface area contributed by atoms with Crippen LogP contribution in [-0.2, 0) is 9.53 Å². The molecule has 1 aromatic rings. The van der Waals surface area contributed by atoms with Crippen molar-refractivity contribution in [3.8, 4) is 5.75 Å². The predicted octanol–water partition coefficient (Wildman–Crippen LogP) is 1.53. The van der Waals surface area contributed by atoms with Crippen LogP contribution in [0.2, 0.25) is 0 Å². The normalized spacial score (nSPS) is 11.9. The highest BCUT2D eigenvalue weighted by molar-refractivity contribution is 5.83. The maximum atomic E-state index is 12.0. The van der Waals surface area contributed by atoms with Crippen molar-refractivity contribution in [2.45, 2.75) is 19.8 Å². The number of nitrogens with one attached hydrogen (secondary N) is 1. The zero-order chi connectivity index (χ0) is 14.3. The summed E-state index contributed by atoms with van der Waals surface area (Å²) < 4.78 is 10.3. The molecular formula is C14H22N2O3. The highest BCUT2D eigenvalue weighted by atomic mass is 16.5. The Bertz CT molecular complexity index is 421. The van der Waals surface area contributed by atoms with Crippen molar-refractivity contribution in [1.29, 1.82) is 0 Å². The van der Waals surface area contributed by atoms with E-state index < -0.39 is 0 Å². The standard InChI is InChI=1S/C14H22N2O3/c1-4-19-8-7-16-14(17)10(2)11-5-6-12(15)13(9-11)18-3/h5-6,9-10H,4,7-8,15H2,1-3H3,(H,16,17). The maximum absolute atomic E-state index is 12.0. The van der Waals surface area contributed by atoms with E-state index in [1.165, 1.54) is 0 Å². The van der Waals surface area contributed by atoms with Gasteiger partial charge in [-0.25, -0.2) is 0 Å². The van der Waals surface area contributed by atoms with Crippen LogP contribution in [0.15, 0.2) is 18.2 Å². The fourth-order valence-electron chi connectivity index (χ4n) is 1.69. The van der Waals surface area contributed by atoms with E-state index in [2.05, 4.69) is 5.32 Å². The second kappa shape index (κ2) is 7.63. The summed E-state index contributed by atoms with van der Waals surface area (Å²) >= 11 is 0. The van der Waals surface area contributed by atoms with Gasteiger partial charge in [0.15, 0.2) is 0 Å². The van der Waals surface area contributed by atoms with Gasteiger partial charge < -0.3 is 20.5 Å². The van der Waals surface area contributed by atoms with Crippen LogP contribution in [0.1, 0.15) is 25.3 Å². The molecule has 0 aliphatic carbocycles. The molecule has 0 saturated carbocycles. The first-order chi connectivity index (χ1) is 9.10. The largest absolute Gasteiger partial charge is 0.495 e. The molecule has 1 rings (SSSR count). The second-order valence-corrected chi connectivity index (χ2v) is 4.21. The van der Waals surface area contributed by atoms with Gasteiger partial charge in [0.1, 0.15) is 5.75 Å². The molecule has 5 heteroatoms. The van der Waals surface area contributed by atoms with Gasteiger partial charge in [-0.3, -0.25) is 4.79 Å². The summed E-state index contributed by atoms with van der Waals surface area (Å²) in [5, 5.41) is 2.83. The number of rotatable bonds is 7. The molecule has 0 saturated heterocycles. The van der Waals surface area contributed by atoms with E-state index in [0.717, 1.165) is 5.56 Å². The Morgan fingerprint density at radius 2 is 2.21 bits per heavy atom. The molecule has 0 radical (unpaired) electrons. The summed E-state index contributed by atoms with van der Waals surface area (Å²) in [6, 6.07) is 5.38. The maximum Gasteiger partial charge on any atom is 0.227 e. The Hall–Kier alpha value is -1.75. The molecule has 0 aliphatic heterocycles. The van der Waals surface area contributed by atoms with Crippen LogP contribution in [0.4, 0.5) is 5.69 Å². The zero-order valence-electron chi connectivity index (χ0n) is 11.7. The van der Waals surface area contributed by atoms with Gasteiger partial charge in [-0.05, 0) is 31.5 Å². The van der Waals surface area contributed by atoms with E-state index in [-0.39, 0.29) is 11.8 Å². The second-order valence-electron chi connectivity index (χ2n) is 4.21. The molecule has 0 fully saturated rings. The minimum absolute atomic E-state index is 0.0356. The lowest BCUT2D eigenvalue weighted by molar-refractivity contribution is -0.122. The Morgan fingerprint density at radius 3 is 2.84 bits per heavy atom. The van der Waals surface area contributed by atoms with Gasteiger partial charge >= 0.3 is 0 Å². The quantitative estimate of drug-likeness (QED) is 0.580. The summed E-state index contributed by atoms with van der Waals surface area (Å²) in [4.78, 5) is 12.0. The molecule has 0 bridgehead atoms. The summed E-state index contributed by atoms with van der Waals surface area (Å²) in [5.74, 6) is 0.300. The van der Waals surface area contributed by atoms with Crippen molar-refractivity contribution in [2.75, 3.05) is 32.6 Å². The minimum Gasteiger partial charge on any atom is -0.495 e. The Morgan fingerprint density at radius 1 is 1.47 bits per heavy atom. The third-order valence-corrected chi connectivity index (χ3v) is 2.90. The van der Waals surface area contributed by atoms with Crippen molar-refractivity contribution in [3.63, 3.8) is 0 Å². The van der Waals surface area contributed by atoms with Crippen LogP contribution < -0.4 is 15.8 Å². The van der Waals surface area contributed by atoms with E-state index in [0.29, 0.717) is 31.2 Å². The highest BCUT2D eigenvalue weighted by Crippen LogP contribution is 2.26. The predicted molar refractivity (Wildman–Crippen MR) is 75.3 cm³/mol. The van der Waals surface area contributed by atoms with Crippen molar-refractivity contribution >= 4 is 11.6 Å². The third kappa shape index (κ3) is 4.44. The molecule has 0 aromatic heterocycles. The molecular weight excluding hydrogens is 244 g/mol. The molecule has 0 spiro atoms. The number of hydrogen-bond acceptors (Lipinski definition) is 4. The number of carbonyl (C=O) groups is 1. The molecule has 3 N–H and O–H groups in total. The van der Waals surface area contributed by atoms with Crippen LogP contribution in [0.3, 0.4) is 0 Å². The monoisotopic (exact) mass is 266 g/mol. The van der Waals surface area contributed by atoms with Gasteiger partial charge in [-0.15, -0.1) is 0 Å². The van der Waals surface area contributed by atoms with Crippen molar-refractivity contribution in [2.24, 2.45) is 0 Å². The summed E-state index contributed by atoms with van der Waals surface area (Å²) in [6.07, 6.45) is 0. The lowest BCUT2D eigenvalue weighted by Gasteiger charge is -2.14. The fourth-order valence-corrected chi connectivity index (χ4v) is 1.69. The lowest BCUT2D eigenvalue weighted by Crippen LogP contribution is -2.31. The van der Waals surface area contributed by atoms with Gasteiger partial charge in [-0.1, -0.05) is 6.07 Å². The Labute approximate surface area is 114 Å². The molecule has 19 heavy (non-hydrogen) atoms. The van der Waals surface area contributed by atoms with Crippen LogP contribution >= 0.6 is 0 Å².